The number of rotatable bonds is 2. The van der Waals surface area contributed by atoms with Gasteiger partial charge in [0.25, 0.3) is 0 Å². The van der Waals surface area contributed by atoms with Gasteiger partial charge in [0.15, 0.2) is 0 Å². The lowest BCUT2D eigenvalue weighted by molar-refractivity contribution is 0.337. The van der Waals surface area contributed by atoms with Crippen LogP contribution in [0.25, 0.3) is 16.8 Å². The Morgan fingerprint density at radius 1 is 0.950 bits per heavy atom. The summed E-state index contributed by atoms with van der Waals surface area (Å²) >= 11 is 0. The van der Waals surface area contributed by atoms with Crippen molar-refractivity contribution < 1.29 is 0 Å². The Morgan fingerprint density at radius 3 is 2.50 bits per heavy atom. The SMILES string of the molecule is N#CC1(/C=C/c2cccc3ccccc23)CCCCC1. The lowest BCUT2D eigenvalue weighted by Gasteiger charge is -2.27. The number of hydrogen-bond acceptors (Lipinski definition) is 1. The molecule has 0 spiro atoms. The van der Waals surface area contributed by atoms with E-state index in [1.807, 2.05) is 0 Å². The quantitative estimate of drug-likeness (QED) is 0.717. The van der Waals surface area contributed by atoms with Crippen molar-refractivity contribution in [1.82, 2.24) is 0 Å². The summed E-state index contributed by atoms with van der Waals surface area (Å²) in [5.41, 5.74) is 0.971. The van der Waals surface area contributed by atoms with Gasteiger partial charge in [-0.2, -0.15) is 5.26 Å². The molecule has 2 aromatic carbocycles. The van der Waals surface area contributed by atoms with Gasteiger partial charge >= 0.3 is 0 Å². The molecule has 0 bridgehead atoms. The number of benzene rings is 2. The molecule has 0 atom stereocenters. The van der Waals surface area contributed by atoms with Gasteiger partial charge in [-0.1, -0.05) is 73.9 Å². The topological polar surface area (TPSA) is 23.8 Å². The summed E-state index contributed by atoms with van der Waals surface area (Å²) < 4.78 is 0. The van der Waals surface area contributed by atoms with E-state index in [-0.39, 0.29) is 5.41 Å². The van der Waals surface area contributed by atoms with E-state index in [1.165, 1.54) is 35.6 Å². The Hall–Kier alpha value is -2.07. The van der Waals surface area contributed by atoms with E-state index < -0.39 is 0 Å². The van der Waals surface area contributed by atoms with E-state index in [0.717, 1.165) is 12.8 Å². The molecule has 1 nitrogen and oxygen atoms in total. The zero-order chi connectivity index (χ0) is 13.8. The second-order valence-corrected chi connectivity index (χ2v) is 5.73. The van der Waals surface area contributed by atoms with Crippen LogP contribution in [0.15, 0.2) is 48.5 Å². The summed E-state index contributed by atoms with van der Waals surface area (Å²) in [6.07, 6.45) is 9.92. The first kappa shape index (κ1) is 12.9. The van der Waals surface area contributed by atoms with Crippen LogP contribution in [0.2, 0.25) is 0 Å². The van der Waals surface area contributed by atoms with Crippen molar-refractivity contribution in [2.24, 2.45) is 5.41 Å². The van der Waals surface area contributed by atoms with Gasteiger partial charge in [0.2, 0.25) is 0 Å². The molecule has 2 aromatic rings. The predicted molar refractivity (Wildman–Crippen MR) is 84.1 cm³/mol. The van der Waals surface area contributed by atoms with E-state index in [9.17, 15) is 5.26 Å². The van der Waals surface area contributed by atoms with Crippen LogP contribution >= 0.6 is 0 Å². The van der Waals surface area contributed by atoms with E-state index in [1.54, 1.807) is 0 Å². The average Bonchev–Trinajstić information content (AvgIpc) is 2.54. The first-order valence-corrected chi connectivity index (χ1v) is 7.41. The van der Waals surface area contributed by atoms with Crippen LogP contribution in [-0.2, 0) is 0 Å². The van der Waals surface area contributed by atoms with Crippen molar-refractivity contribution in [2.75, 3.05) is 0 Å². The van der Waals surface area contributed by atoms with Crippen LogP contribution in [-0.4, -0.2) is 0 Å². The lowest BCUT2D eigenvalue weighted by Crippen LogP contribution is -2.18. The molecule has 0 heterocycles. The number of hydrogen-bond donors (Lipinski definition) is 0. The number of nitriles is 1. The highest BCUT2D eigenvalue weighted by molar-refractivity contribution is 5.90. The monoisotopic (exact) mass is 261 g/mol. The van der Waals surface area contributed by atoms with Crippen LogP contribution in [0.5, 0.6) is 0 Å². The highest BCUT2D eigenvalue weighted by Gasteiger charge is 2.28. The van der Waals surface area contributed by atoms with Gasteiger partial charge in [0, 0.05) is 0 Å². The minimum Gasteiger partial charge on any atom is -0.197 e. The van der Waals surface area contributed by atoms with Gasteiger partial charge in [-0.15, -0.1) is 0 Å². The highest BCUT2D eigenvalue weighted by atomic mass is 14.4. The van der Waals surface area contributed by atoms with Gasteiger partial charge < -0.3 is 0 Å². The zero-order valence-corrected chi connectivity index (χ0v) is 11.7. The lowest BCUT2D eigenvalue weighted by atomic mass is 9.75. The Balaban J connectivity index is 1.96. The second kappa shape index (κ2) is 5.51. The molecule has 0 saturated heterocycles. The Kier molecular flexibility index (Phi) is 3.56. The minimum absolute atomic E-state index is 0.241. The van der Waals surface area contributed by atoms with Gasteiger partial charge in [0.1, 0.15) is 0 Å². The number of nitrogens with zero attached hydrogens (tertiary/aromatic N) is 1. The average molecular weight is 261 g/mol. The van der Waals surface area contributed by atoms with Crippen molar-refractivity contribution >= 4 is 16.8 Å². The third-order valence-electron chi connectivity index (χ3n) is 4.37. The Morgan fingerprint density at radius 2 is 1.70 bits per heavy atom. The van der Waals surface area contributed by atoms with Gasteiger partial charge in [-0.25, -0.2) is 0 Å². The minimum atomic E-state index is -0.241. The number of fused-ring (bicyclic) bond motifs is 1. The molecular formula is C19H19N. The van der Waals surface area contributed by atoms with Gasteiger partial charge in [-0.3, -0.25) is 0 Å². The van der Waals surface area contributed by atoms with Crippen molar-refractivity contribution in [2.45, 2.75) is 32.1 Å². The maximum atomic E-state index is 9.53. The van der Waals surface area contributed by atoms with Crippen molar-refractivity contribution in [3.63, 3.8) is 0 Å². The van der Waals surface area contributed by atoms with Crippen LogP contribution in [0.4, 0.5) is 0 Å². The third-order valence-corrected chi connectivity index (χ3v) is 4.37. The molecule has 1 saturated carbocycles. The zero-order valence-electron chi connectivity index (χ0n) is 11.7. The summed E-state index contributed by atoms with van der Waals surface area (Å²) in [7, 11) is 0. The highest BCUT2D eigenvalue weighted by Crippen LogP contribution is 2.37. The normalized spacial score (nSPS) is 18.1. The molecule has 3 rings (SSSR count). The first-order chi connectivity index (χ1) is 9.83. The van der Waals surface area contributed by atoms with Crippen LogP contribution in [0, 0.1) is 16.7 Å². The molecule has 1 aliphatic carbocycles. The van der Waals surface area contributed by atoms with E-state index >= 15 is 0 Å². The molecule has 1 heteroatoms. The first-order valence-electron chi connectivity index (χ1n) is 7.41. The smallest absolute Gasteiger partial charge is 0.0756 e. The fourth-order valence-electron chi connectivity index (χ4n) is 3.14. The van der Waals surface area contributed by atoms with Gasteiger partial charge in [0.05, 0.1) is 11.5 Å². The van der Waals surface area contributed by atoms with Crippen LogP contribution in [0.3, 0.4) is 0 Å². The molecule has 0 radical (unpaired) electrons. The largest absolute Gasteiger partial charge is 0.197 e. The second-order valence-electron chi connectivity index (χ2n) is 5.73. The number of allylic oxidation sites excluding steroid dienone is 1. The maximum absolute atomic E-state index is 9.53. The van der Waals surface area contributed by atoms with Crippen LogP contribution < -0.4 is 0 Å². The summed E-state index contributed by atoms with van der Waals surface area (Å²) in [6.45, 7) is 0. The third kappa shape index (κ3) is 2.47. The van der Waals surface area contributed by atoms with Crippen molar-refractivity contribution in [1.29, 1.82) is 5.26 Å². The molecule has 0 aliphatic heterocycles. The Labute approximate surface area is 120 Å². The summed E-state index contributed by atoms with van der Waals surface area (Å²) in [4.78, 5) is 0. The summed E-state index contributed by atoms with van der Waals surface area (Å²) in [5, 5.41) is 12.0. The molecule has 0 amide bonds. The summed E-state index contributed by atoms with van der Waals surface area (Å²) in [6, 6.07) is 17.3. The molecule has 100 valence electrons. The van der Waals surface area contributed by atoms with Gasteiger partial charge in [-0.05, 0) is 29.2 Å². The van der Waals surface area contributed by atoms with E-state index in [0.29, 0.717) is 0 Å². The van der Waals surface area contributed by atoms with Crippen molar-refractivity contribution in [3.05, 3.63) is 54.1 Å². The molecule has 20 heavy (non-hydrogen) atoms. The molecule has 1 aliphatic rings. The predicted octanol–water partition coefficient (Wildman–Crippen LogP) is 5.33. The molecule has 0 aromatic heterocycles. The molecule has 0 unspecified atom stereocenters. The fourth-order valence-corrected chi connectivity index (χ4v) is 3.14. The Bertz CT molecular complexity index is 664. The maximum Gasteiger partial charge on any atom is 0.0756 e. The summed E-state index contributed by atoms with van der Waals surface area (Å²) in [5.74, 6) is 0. The molecule has 1 fully saturated rings. The van der Waals surface area contributed by atoms with E-state index in [4.69, 9.17) is 0 Å². The standard InChI is InChI=1S/C19H19N/c20-15-19(12-4-1-5-13-19)14-11-17-9-6-8-16-7-2-3-10-18(16)17/h2-3,6-11,14H,1,4-5,12-13H2/b14-11+. The fraction of sp³-hybridized carbons (Fsp3) is 0.316. The molecule has 0 N–H and O–H groups in total. The van der Waals surface area contributed by atoms with E-state index in [2.05, 4.69) is 60.7 Å². The van der Waals surface area contributed by atoms with Crippen molar-refractivity contribution in [3.8, 4) is 6.07 Å². The van der Waals surface area contributed by atoms with Crippen LogP contribution in [0.1, 0.15) is 37.7 Å². The molecular weight excluding hydrogens is 242 g/mol.